The van der Waals surface area contributed by atoms with Crippen LogP contribution in [-0.4, -0.2) is 43.7 Å². The van der Waals surface area contributed by atoms with E-state index in [-0.39, 0.29) is 12.0 Å². The maximum atomic E-state index is 12.1. The number of likely N-dealkylation sites (N-methyl/N-ethyl adjacent to an activating group) is 1. The Labute approximate surface area is 127 Å². The fraction of sp³-hybridized carbons (Fsp3) is 0.588. The normalized spacial score (nSPS) is 18.8. The number of hydrogen-bond donors (Lipinski definition) is 1. The topological polar surface area (TPSA) is 41.6 Å². The molecule has 1 aliphatic rings. The van der Waals surface area contributed by atoms with Gasteiger partial charge in [0.05, 0.1) is 12.6 Å². The molecule has 0 bridgehead atoms. The maximum absolute atomic E-state index is 12.1. The van der Waals surface area contributed by atoms with Crippen LogP contribution in [0.15, 0.2) is 18.2 Å². The molecule has 4 nitrogen and oxygen atoms in total. The van der Waals surface area contributed by atoms with E-state index in [0.717, 1.165) is 37.2 Å². The first-order valence-electron chi connectivity index (χ1n) is 7.72. The van der Waals surface area contributed by atoms with Gasteiger partial charge >= 0.3 is 0 Å². The van der Waals surface area contributed by atoms with Crippen molar-refractivity contribution in [2.75, 3.05) is 32.1 Å². The fourth-order valence-electron chi connectivity index (χ4n) is 2.68. The molecule has 4 heteroatoms. The van der Waals surface area contributed by atoms with Gasteiger partial charge in [0.15, 0.2) is 0 Å². The molecule has 116 valence electrons. The Bertz CT molecular complexity index is 482. The van der Waals surface area contributed by atoms with E-state index in [1.54, 1.807) is 0 Å². The lowest BCUT2D eigenvalue weighted by Crippen LogP contribution is -2.38. The third-order valence-electron chi connectivity index (χ3n) is 4.08. The van der Waals surface area contributed by atoms with Gasteiger partial charge in [-0.05, 0) is 57.4 Å². The van der Waals surface area contributed by atoms with E-state index in [9.17, 15) is 4.79 Å². The predicted octanol–water partition coefficient (Wildman–Crippen LogP) is 2.74. The number of rotatable bonds is 5. The zero-order chi connectivity index (χ0) is 15.2. The zero-order valence-electron chi connectivity index (χ0n) is 13.3. The van der Waals surface area contributed by atoms with Crippen LogP contribution in [0.1, 0.15) is 30.4 Å². The minimum Gasteiger partial charge on any atom is -0.377 e. The van der Waals surface area contributed by atoms with Crippen LogP contribution in [0.4, 0.5) is 5.69 Å². The van der Waals surface area contributed by atoms with E-state index >= 15 is 0 Å². The lowest BCUT2D eigenvalue weighted by Gasteiger charge is -2.27. The molecule has 0 radical (unpaired) electrons. The number of ether oxygens (including phenoxy) is 1. The molecule has 0 saturated carbocycles. The van der Waals surface area contributed by atoms with Crippen molar-refractivity contribution in [3.63, 3.8) is 0 Å². The van der Waals surface area contributed by atoms with Crippen LogP contribution in [0, 0.1) is 13.8 Å². The summed E-state index contributed by atoms with van der Waals surface area (Å²) >= 11 is 0. The molecular weight excluding hydrogens is 264 g/mol. The van der Waals surface area contributed by atoms with Crippen molar-refractivity contribution >= 4 is 11.6 Å². The summed E-state index contributed by atoms with van der Waals surface area (Å²) in [5.41, 5.74) is 3.23. The summed E-state index contributed by atoms with van der Waals surface area (Å²) in [6, 6.07) is 5.97. The molecular formula is C17H26N2O2. The molecule has 1 saturated heterocycles. The average Bonchev–Trinajstić information content (AvgIpc) is 2.44. The molecule has 21 heavy (non-hydrogen) atoms. The highest BCUT2D eigenvalue weighted by molar-refractivity contribution is 5.93. The minimum absolute atomic E-state index is 0.0296. The summed E-state index contributed by atoms with van der Waals surface area (Å²) in [7, 11) is 1.97. The Hall–Kier alpha value is -1.39. The molecule has 1 N–H and O–H groups in total. The summed E-state index contributed by atoms with van der Waals surface area (Å²) in [4.78, 5) is 14.2. The van der Waals surface area contributed by atoms with Crippen molar-refractivity contribution in [2.45, 2.75) is 39.2 Å². The van der Waals surface area contributed by atoms with Gasteiger partial charge in [-0.1, -0.05) is 12.1 Å². The molecule has 2 rings (SSSR count). The number of benzene rings is 1. The van der Waals surface area contributed by atoms with Crippen LogP contribution in [-0.2, 0) is 9.53 Å². The van der Waals surface area contributed by atoms with Crippen LogP contribution in [0.25, 0.3) is 0 Å². The second-order valence-corrected chi connectivity index (χ2v) is 5.98. The summed E-state index contributed by atoms with van der Waals surface area (Å²) in [5.74, 6) is 0.0296. The summed E-state index contributed by atoms with van der Waals surface area (Å²) in [6.07, 6.45) is 3.76. The van der Waals surface area contributed by atoms with Gasteiger partial charge in [-0.15, -0.1) is 0 Å². The van der Waals surface area contributed by atoms with Crippen molar-refractivity contribution in [1.29, 1.82) is 0 Å². The van der Waals surface area contributed by atoms with E-state index in [4.69, 9.17) is 4.74 Å². The molecule has 1 amide bonds. The third kappa shape index (κ3) is 4.83. The van der Waals surface area contributed by atoms with Gasteiger partial charge in [-0.3, -0.25) is 9.69 Å². The number of nitrogens with one attached hydrogen (secondary N) is 1. The first-order chi connectivity index (χ1) is 10.1. The monoisotopic (exact) mass is 290 g/mol. The standard InChI is InChI=1S/C17H26N2O2/c1-13-7-6-9-16(14(13)2)18-17(20)12-19(3)11-15-8-4-5-10-21-15/h6-7,9,15H,4-5,8,10-12H2,1-3H3,(H,18,20)/t15-/m1/s1. The van der Waals surface area contributed by atoms with Crippen LogP contribution in [0.5, 0.6) is 0 Å². The van der Waals surface area contributed by atoms with Gasteiger partial charge in [-0.2, -0.15) is 0 Å². The molecule has 1 aromatic carbocycles. The van der Waals surface area contributed by atoms with Crippen molar-refractivity contribution in [3.8, 4) is 0 Å². The molecule has 1 fully saturated rings. The minimum atomic E-state index is 0.0296. The van der Waals surface area contributed by atoms with Gasteiger partial charge in [0.25, 0.3) is 0 Å². The summed E-state index contributed by atoms with van der Waals surface area (Å²) in [5, 5.41) is 3.00. The number of aryl methyl sites for hydroxylation is 1. The van der Waals surface area contributed by atoms with Crippen molar-refractivity contribution in [1.82, 2.24) is 4.90 Å². The lowest BCUT2D eigenvalue weighted by atomic mass is 10.1. The Kier molecular flexibility index (Phi) is 5.76. The summed E-state index contributed by atoms with van der Waals surface area (Å²) in [6.45, 7) is 6.16. The number of carbonyl (C=O) groups is 1. The quantitative estimate of drug-likeness (QED) is 0.906. The molecule has 0 spiro atoms. The van der Waals surface area contributed by atoms with Gasteiger partial charge in [0, 0.05) is 18.8 Å². The van der Waals surface area contributed by atoms with Crippen LogP contribution in [0.3, 0.4) is 0 Å². The average molecular weight is 290 g/mol. The Balaban J connectivity index is 1.82. The van der Waals surface area contributed by atoms with Crippen LogP contribution < -0.4 is 5.32 Å². The molecule has 0 aromatic heterocycles. The van der Waals surface area contributed by atoms with Crippen LogP contribution >= 0.6 is 0 Å². The Morgan fingerprint density at radius 2 is 2.19 bits per heavy atom. The third-order valence-corrected chi connectivity index (χ3v) is 4.08. The first kappa shape index (κ1) is 16.0. The van der Waals surface area contributed by atoms with Crippen molar-refractivity contribution < 1.29 is 9.53 Å². The second kappa shape index (κ2) is 7.57. The van der Waals surface area contributed by atoms with E-state index in [1.165, 1.54) is 12.0 Å². The second-order valence-electron chi connectivity index (χ2n) is 5.98. The van der Waals surface area contributed by atoms with Gasteiger partial charge in [0.1, 0.15) is 0 Å². The molecule has 1 aromatic rings. The Morgan fingerprint density at radius 1 is 1.38 bits per heavy atom. The Morgan fingerprint density at radius 3 is 2.90 bits per heavy atom. The first-order valence-corrected chi connectivity index (χ1v) is 7.72. The van der Waals surface area contributed by atoms with Crippen molar-refractivity contribution in [3.05, 3.63) is 29.3 Å². The molecule has 1 aliphatic heterocycles. The molecule has 1 heterocycles. The van der Waals surface area contributed by atoms with Gasteiger partial charge < -0.3 is 10.1 Å². The smallest absolute Gasteiger partial charge is 0.238 e. The highest BCUT2D eigenvalue weighted by atomic mass is 16.5. The highest BCUT2D eigenvalue weighted by Gasteiger charge is 2.17. The summed E-state index contributed by atoms with van der Waals surface area (Å²) < 4.78 is 5.71. The van der Waals surface area contributed by atoms with E-state index in [2.05, 4.69) is 18.3 Å². The zero-order valence-corrected chi connectivity index (χ0v) is 13.3. The molecule has 0 aliphatic carbocycles. The van der Waals surface area contributed by atoms with Gasteiger partial charge in [-0.25, -0.2) is 0 Å². The number of amides is 1. The van der Waals surface area contributed by atoms with E-state index in [1.807, 2.05) is 31.0 Å². The number of nitrogens with zero attached hydrogens (tertiary/aromatic N) is 1. The SMILES string of the molecule is Cc1cccc(NC(=O)CN(C)C[C@H]2CCCCO2)c1C. The predicted molar refractivity (Wildman–Crippen MR) is 85.6 cm³/mol. The number of anilines is 1. The van der Waals surface area contributed by atoms with E-state index in [0.29, 0.717) is 6.54 Å². The largest absolute Gasteiger partial charge is 0.377 e. The lowest BCUT2D eigenvalue weighted by molar-refractivity contribution is -0.117. The highest BCUT2D eigenvalue weighted by Crippen LogP contribution is 2.18. The van der Waals surface area contributed by atoms with E-state index < -0.39 is 0 Å². The van der Waals surface area contributed by atoms with Gasteiger partial charge in [0.2, 0.25) is 5.91 Å². The molecule has 0 unspecified atom stereocenters. The van der Waals surface area contributed by atoms with Crippen molar-refractivity contribution in [2.24, 2.45) is 0 Å². The maximum Gasteiger partial charge on any atom is 0.238 e. The fourth-order valence-corrected chi connectivity index (χ4v) is 2.68. The number of hydrogen-bond acceptors (Lipinski definition) is 3. The van der Waals surface area contributed by atoms with Crippen LogP contribution in [0.2, 0.25) is 0 Å². The molecule has 1 atom stereocenters. The number of carbonyl (C=O) groups excluding carboxylic acids is 1.